The summed E-state index contributed by atoms with van der Waals surface area (Å²) >= 11 is 0. The lowest BCUT2D eigenvalue weighted by Crippen LogP contribution is -2.42. The molecule has 1 aliphatic heterocycles. The number of anilines is 1. The summed E-state index contributed by atoms with van der Waals surface area (Å²) in [6, 6.07) is 4.26. The van der Waals surface area contributed by atoms with Crippen molar-refractivity contribution < 1.29 is 9.76 Å². The zero-order valence-corrected chi connectivity index (χ0v) is 11.7. The fraction of sp³-hybridized carbons (Fsp3) is 0.615. The molecule has 0 aliphatic carbocycles. The summed E-state index contributed by atoms with van der Waals surface area (Å²) in [5.41, 5.74) is 0.412. The number of aromatic nitrogens is 1. The Kier molecular flexibility index (Phi) is 4.31. The molecule has 2 rings (SSSR count). The van der Waals surface area contributed by atoms with Crippen molar-refractivity contribution in [1.82, 2.24) is 9.88 Å². The van der Waals surface area contributed by atoms with E-state index in [0.29, 0.717) is 16.7 Å². The van der Waals surface area contributed by atoms with Crippen LogP contribution in [0.5, 0.6) is 0 Å². The smallest absolute Gasteiger partial charge is 0.335 e. The Hall–Kier alpha value is -1.69. The maximum absolute atomic E-state index is 11.3. The summed E-state index contributed by atoms with van der Waals surface area (Å²) in [6.45, 7) is 2.00. The highest BCUT2D eigenvalue weighted by atomic mass is 16.8. The summed E-state index contributed by atoms with van der Waals surface area (Å²) in [7, 11) is 5.59. The van der Waals surface area contributed by atoms with Gasteiger partial charge in [0.25, 0.3) is 4.92 Å². The SMILES string of the molecule is CO[N+](=O)c1ccc(N2CCC(N(C)C)CC2)nc1. The second-order valence-electron chi connectivity index (χ2n) is 5.00. The average Bonchev–Trinajstić information content (AvgIpc) is 2.46. The van der Waals surface area contributed by atoms with Gasteiger partial charge in [0, 0.05) is 25.2 Å². The molecule has 0 bridgehead atoms. The highest BCUT2D eigenvalue weighted by Crippen LogP contribution is 2.21. The highest BCUT2D eigenvalue weighted by Gasteiger charge is 2.22. The molecule has 104 valence electrons. The lowest BCUT2D eigenvalue weighted by Gasteiger charge is -2.35. The van der Waals surface area contributed by atoms with Crippen LogP contribution in [0.2, 0.25) is 0 Å². The van der Waals surface area contributed by atoms with Gasteiger partial charge in [0.1, 0.15) is 12.0 Å². The third kappa shape index (κ3) is 3.20. The molecule has 19 heavy (non-hydrogen) atoms. The van der Waals surface area contributed by atoms with E-state index in [-0.39, 0.29) is 0 Å². The van der Waals surface area contributed by atoms with Gasteiger partial charge in [-0.05, 0) is 33.0 Å². The molecule has 1 aromatic rings. The third-order valence-electron chi connectivity index (χ3n) is 3.63. The van der Waals surface area contributed by atoms with Gasteiger partial charge in [0.15, 0.2) is 7.11 Å². The Morgan fingerprint density at radius 2 is 2.05 bits per heavy atom. The van der Waals surface area contributed by atoms with Gasteiger partial charge in [0.2, 0.25) is 0 Å². The number of rotatable bonds is 4. The summed E-state index contributed by atoms with van der Waals surface area (Å²) < 4.78 is 0. The van der Waals surface area contributed by atoms with Crippen LogP contribution in [0, 0.1) is 4.91 Å². The topological polar surface area (TPSA) is 48.7 Å². The van der Waals surface area contributed by atoms with E-state index in [2.05, 4.69) is 33.7 Å². The van der Waals surface area contributed by atoms with Crippen LogP contribution in [-0.4, -0.2) is 55.1 Å². The lowest BCUT2D eigenvalue weighted by molar-refractivity contribution is -0.736. The zero-order valence-electron chi connectivity index (χ0n) is 11.7. The third-order valence-corrected chi connectivity index (χ3v) is 3.63. The van der Waals surface area contributed by atoms with E-state index < -0.39 is 0 Å². The fourth-order valence-electron chi connectivity index (χ4n) is 2.39. The molecule has 2 heterocycles. The minimum atomic E-state index is 0.412. The van der Waals surface area contributed by atoms with E-state index in [0.717, 1.165) is 31.7 Å². The van der Waals surface area contributed by atoms with Gasteiger partial charge in [-0.2, -0.15) is 0 Å². The first-order chi connectivity index (χ1) is 9.11. The van der Waals surface area contributed by atoms with Crippen LogP contribution >= 0.6 is 0 Å². The Balaban J connectivity index is 1.98. The summed E-state index contributed by atoms with van der Waals surface area (Å²) in [5.74, 6) is 0.922. The largest absolute Gasteiger partial charge is 0.356 e. The minimum absolute atomic E-state index is 0.412. The number of pyridine rings is 1. The van der Waals surface area contributed by atoms with Crippen molar-refractivity contribution in [3.05, 3.63) is 23.2 Å². The lowest BCUT2D eigenvalue weighted by atomic mass is 10.0. The molecule has 0 saturated carbocycles. The van der Waals surface area contributed by atoms with Gasteiger partial charge in [-0.1, -0.05) is 0 Å². The molecule has 0 N–H and O–H groups in total. The first-order valence-electron chi connectivity index (χ1n) is 6.50. The van der Waals surface area contributed by atoms with Crippen molar-refractivity contribution in [2.24, 2.45) is 0 Å². The molecule has 6 heteroatoms. The van der Waals surface area contributed by atoms with E-state index in [1.165, 1.54) is 7.11 Å². The van der Waals surface area contributed by atoms with E-state index in [4.69, 9.17) is 0 Å². The van der Waals surface area contributed by atoms with E-state index >= 15 is 0 Å². The van der Waals surface area contributed by atoms with Crippen molar-refractivity contribution in [3.8, 4) is 0 Å². The highest BCUT2D eigenvalue weighted by molar-refractivity contribution is 5.43. The van der Waals surface area contributed by atoms with Gasteiger partial charge >= 0.3 is 5.69 Å². The standard InChI is InChI=1S/C13H21N4O2/c1-15(2)11-6-8-16(9-7-11)13-5-4-12(10-14-13)17(18)19-3/h4-5,10-11H,6-9H2,1-3H3/q+1. The Morgan fingerprint density at radius 1 is 1.37 bits per heavy atom. The molecule has 0 spiro atoms. The van der Waals surface area contributed by atoms with Crippen LogP contribution in [0.25, 0.3) is 0 Å². The number of hydrogen-bond acceptors (Lipinski definition) is 5. The zero-order chi connectivity index (χ0) is 13.8. The van der Waals surface area contributed by atoms with Crippen LogP contribution < -0.4 is 4.90 Å². The fourth-order valence-corrected chi connectivity index (χ4v) is 2.39. The molecule has 1 aromatic heterocycles. The van der Waals surface area contributed by atoms with E-state index in [1.807, 2.05) is 6.07 Å². The van der Waals surface area contributed by atoms with Crippen LogP contribution in [0.15, 0.2) is 18.3 Å². The summed E-state index contributed by atoms with van der Waals surface area (Å²) in [6.07, 6.45) is 3.83. The van der Waals surface area contributed by atoms with Crippen molar-refractivity contribution in [2.45, 2.75) is 18.9 Å². The number of piperidine rings is 1. The van der Waals surface area contributed by atoms with E-state index in [1.54, 1.807) is 12.3 Å². The maximum Gasteiger partial charge on any atom is 0.335 e. The average molecular weight is 265 g/mol. The molecule has 0 amide bonds. The molecule has 1 saturated heterocycles. The minimum Gasteiger partial charge on any atom is -0.356 e. The number of hydrogen-bond donors (Lipinski definition) is 0. The molecule has 0 aromatic carbocycles. The van der Waals surface area contributed by atoms with Crippen molar-refractivity contribution in [1.29, 1.82) is 0 Å². The van der Waals surface area contributed by atoms with Gasteiger partial charge < -0.3 is 9.80 Å². The van der Waals surface area contributed by atoms with Gasteiger partial charge in [-0.25, -0.2) is 9.82 Å². The molecular weight excluding hydrogens is 244 g/mol. The first-order valence-corrected chi connectivity index (χ1v) is 6.50. The van der Waals surface area contributed by atoms with Crippen LogP contribution in [-0.2, 0) is 4.84 Å². The monoisotopic (exact) mass is 265 g/mol. The predicted octanol–water partition coefficient (Wildman–Crippen LogP) is 1.58. The van der Waals surface area contributed by atoms with Crippen LogP contribution in [0.1, 0.15) is 12.8 Å². The first kappa shape index (κ1) is 13.7. The normalized spacial score (nSPS) is 16.7. The molecule has 1 aliphatic rings. The Bertz CT molecular complexity index is 425. The Morgan fingerprint density at radius 3 is 2.53 bits per heavy atom. The second kappa shape index (κ2) is 5.97. The molecule has 0 unspecified atom stereocenters. The molecule has 0 atom stereocenters. The van der Waals surface area contributed by atoms with Crippen LogP contribution in [0.3, 0.4) is 0 Å². The molecular formula is C13H21N4O2+. The van der Waals surface area contributed by atoms with Gasteiger partial charge in [0.05, 0.1) is 4.91 Å². The van der Waals surface area contributed by atoms with Crippen LogP contribution in [0.4, 0.5) is 11.5 Å². The van der Waals surface area contributed by atoms with Gasteiger partial charge in [-0.3, -0.25) is 0 Å². The maximum atomic E-state index is 11.3. The Labute approximate surface area is 113 Å². The number of nitrogens with zero attached hydrogens (tertiary/aromatic N) is 4. The molecule has 0 radical (unpaired) electrons. The van der Waals surface area contributed by atoms with Crippen molar-refractivity contribution in [2.75, 3.05) is 39.2 Å². The van der Waals surface area contributed by atoms with Crippen molar-refractivity contribution in [3.63, 3.8) is 0 Å². The predicted molar refractivity (Wildman–Crippen MR) is 73.5 cm³/mol. The summed E-state index contributed by atoms with van der Waals surface area (Å²) in [5, 5.41) is 0. The molecule has 1 fully saturated rings. The van der Waals surface area contributed by atoms with Gasteiger partial charge in [-0.15, -0.1) is 0 Å². The quantitative estimate of drug-likeness (QED) is 0.774. The molecule has 6 nitrogen and oxygen atoms in total. The second-order valence-corrected chi connectivity index (χ2v) is 5.00. The van der Waals surface area contributed by atoms with E-state index in [9.17, 15) is 4.91 Å². The van der Waals surface area contributed by atoms with Crippen molar-refractivity contribution >= 4 is 11.5 Å². The summed E-state index contributed by atoms with van der Waals surface area (Å²) in [4.78, 5) is 25.2.